The molecule has 0 unspecified atom stereocenters. The van der Waals surface area contributed by atoms with E-state index in [1.54, 1.807) is 0 Å². The van der Waals surface area contributed by atoms with Crippen molar-refractivity contribution in [2.24, 2.45) is 0 Å². The summed E-state index contributed by atoms with van der Waals surface area (Å²) in [5.74, 6) is -4.87. The smallest absolute Gasteiger partial charge is 0.441 e. The van der Waals surface area contributed by atoms with Crippen molar-refractivity contribution in [3.05, 3.63) is 29.0 Å². The number of alkyl halides is 2. The zero-order chi connectivity index (χ0) is 11.6. The van der Waals surface area contributed by atoms with E-state index < -0.39 is 23.6 Å². The quantitative estimate of drug-likeness (QED) is 0.796. The second-order valence-corrected chi connectivity index (χ2v) is 2.92. The average molecular weight is 240 g/mol. The van der Waals surface area contributed by atoms with Crippen molar-refractivity contribution < 1.29 is 27.8 Å². The standard InChI is InChI=1S/C8H4ClF3O3/c9-4-1-2-6(5(10)3-4)15-8(11,12)7(13)14/h1-3H,(H,13,14)/p-1. The van der Waals surface area contributed by atoms with Gasteiger partial charge in [0.1, 0.15) is 0 Å². The largest absolute Gasteiger partial charge is 0.541 e. The number of aliphatic carboxylic acids is 1. The SMILES string of the molecule is O=C([O-])C(F)(F)Oc1ccc(Cl)cc1F. The van der Waals surface area contributed by atoms with Crippen molar-refractivity contribution >= 4 is 17.6 Å². The van der Waals surface area contributed by atoms with Crippen molar-refractivity contribution in [3.63, 3.8) is 0 Å². The topological polar surface area (TPSA) is 49.4 Å². The van der Waals surface area contributed by atoms with Crippen molar-refractivity contribution in [2.45, 2.75) is 6.11 Å². The molecule has 0 aliphatic carbocycles. The maximum absolute atomic E-state index is 12.9. The highest BCUT2D eigenvalue weighted by atomic mass is 35.5. The van der Waals surface area contributed by atoms with Gasteiger partial charge in [0.15, 0.2) is 17.5 Å². The van der Waals surface area contributed by atoms with Gasteiger partial charge in [0.2, 0.25) is 0 Å². The summed E-state index contributed by atoms with van der Waals surface area (Å²) < 4.78 is 41.4. The average Bonchev–Trinajstić information content (AvgIpc) is 2.09. The summed E-state index contributed by atoms with van der Waals surface area (Å²) in [7, 11) is 0. The van der Waals surface area contributed by atoms with E-state index in [-0.39, 0.29) is 5.02 Å². The van der Waals surface area contributed by atoms with Gasteiger partial charge in [-0.3, -0.25) is 0 Å². The maximum Gasteiger partial charge on any atom is 0.441 e. The normalized spacial score (nSPS) is 11.2. The van der Waals surface area contributed by atoms with Crippen LogP contribution in [0.5, 0.6) is 5.75 Å². The molecule has 0 fully saturated rings. The van der Waals surface area contributed by atoms with Gasteiger partial charge in [-0.2, -0.15) is 8.78 Å². The van der Waals surface area contributed by atoms with E-state index in [2.05, 4.69) is 4.74 Å². The molecule has 0 N–H and O–H groups in total. The molecule has 0 saturated heterocycles. The van der Waals surface area contributed by atoms with Crippen molar-refractivity contribution in [1.82, 2.24) is 0 Å². The lowest BCUT2D eigenvalue weighted by molar-refractivity contribution is -0.350. The van der Waals surface area contributed by atoms with Gasteiger partial charge in [0.05, 0.1) is 0 Å². The fourth-order valence-electron chi connectivity index (χ4n) is 0.738. The highest BCUT2D eigenvalue weighted by molar-refractivity contribution is 6.30. The molecule has 0 aliphatic heterocycles. The molecule has 15 heavy (non-hydrogen) atoms. The third-order valence-corrected chi connectivity index (χ3v) is 1.60. The molecule has 82 valence electrons. The first-order valence-corrected chi connectivity index (χ1v) is 3.94. The van der Waals surface area contributed by atoms with E-state index in [0.29, 0.717) is 6.07 Å². The number of hydrogen-bond donors (Lipinski definition) is 0. The first-order valence-electron chi connectivity index (χ1n) is 3.56. The maximum atomic E-state index is 12.9. The lowest BCUT2D eigenvalue weighted by Crippen LogP contribution is -2.45. The third-order valence-electron chi connectivity index (χ3n) is 1.37. The Morgan fingerprint density at radius 2 is 2.07 bits per heavy atom. The van der Waals surface area contributed by atoms with Crippen LogP contribution >= 0.6 is 11.6 Å². The molecule has 1 rings (SSSR count). The second kappa shape index (κ2) is 3.98. The molecule has 0 aliphatic rings. The van der Waals surface area contributed by atoms with Gasteiger partial charge >= 0.3 is 6.11 Å². The number of carbonyl (C=O) groups is 1. The van der Waals surface area contributed by atoms with Crippen molar-refractivity contribution in [1.29, 1.82) is 0 Å². The monoisotopic (exact) mass is 239 g/mol. The van der Waals surface area contributed by atoms with Crippen LogP contribution < -0.4 is 9.84 Å². The number of hydrogen-bond acceptors (Lipinski definition) is 3. The molecule has 1 aromatic carbocycles. The van der Waals surface area contributed by atoms with Crippen LogP contribution in [0.4, 0.5) is 13.2 Å². The zero-order valence-corrected chi connectivity index (χ0v) is 7.72. The summed E-state index contributed by atoms with van der Waals surface area (Å²) in [6.07, 6.45) is -4.59. The minimum absolute atomic E-state index is 0.0309. The number of halogens is 4. The van der Waals surface area contributed by atoms with E-state index in [1.807, 2.05) is 0 Å². The Balaban J connectivity index is 2.95. The van der Waals surface area contributed by atoms with E-state index in [1.165, 1.54) is 0 Å². The molecule has 0 amide bonds. The van der Waals surface area contributed by atoms with E-state index in [0.717, 1.165) is 12.1 Å². The Hall–Kier alpha value is -1.43. The molecule has 1 aromatic rings. The lowest BCUT2D eigenvalue weighted by Gasteiger charge is -2.18. The second-order valence-electron chi connectivity index (χ2n) is 2.48. The summed E-state index contributed by atoms with van der Waals surface area (Å²) in [6, 6.07) is 2.57. The number of ether oxygens (including phenoxy) is 1. The Morgan fingerprint density at radius 3 is 2.53 bits per heavy atom. The fourth-order valence-corrected chi connectivity index (χ4v) is 0.897. The Labute approximate surface area is 87.0 Å². The molecule has 0 heterocycles. The number of carbonyl (C=O) groups excluding carboxylic acids is 1. The molecule has 0 atom stereocenters. The van der Waals surface area contributed by atoms with Gasteiger partial charge in [0, 0.05) is 5.02 Å². The number of carboxylic acids is 1. The van der Waals surface area contributed by atoms with Gasteiger partial charge in [-0.15, -0.1) is 0 Å². The van der Waals surface area contributed by atoms with E-state index >= 15 is 0 Å². The molecule has 3 nitrogen and oxygen atoms in total. The van der Waals surface area contributed by atoms with Gasteiger partial charge in [0.25, 0.3) is 0 Å². The third kappa shape index (κ3) is 2.76. The van der Waals surface area contributed by atoms with E-state index in [9.17, 15) is 23.1 Å². The van der Waals surface area contributed by atoms with Crippen LogP contribution in [0.1, 0.15) is 0 Å². The van der Waals surface area contributed by atoms with Crippen LogP contribution in [0.25, 0.3) is 0 Å². The molecule has 0 radical (unpaired) electrons. The number of benzene rings is 1. The number of rotatable bonds is 3. The van der Waals surface area contributed by atoms with Gasteiger partial charge in [-0.25, -0.2) is 4.39 Å². The van der Waals surface area contributed by atoms with Crippen LogP contribution in [0.3, 0.4) is 0 Å². The van der Waals surface area contributed by atoms with Gasteiger partial charge < -0.3 is 14.6 Å². The summed E-state index contributed by atoms with van der Waals surface area (Å²) in [5, 5.41) is 9.84. The predicted molar refractivity (Wildman–Crippen MR) is 42.0 cm³/mol. The predicted octanol–water partition coefficient (Wildman–Crippen LogP) is 1.20. The molecule has 0 aromatic heterocycles. The fraction of sp³-hybridized carbons (Fsp3) is 0.125. The molecule has 0 spiro atoms. The zero-order valence-electron chi connectivity index (χ0n) is 6.97. The lowest BCUT2D eigenvalue weighted by atomic mass is 10.3. The molecular weight excluding hydrogens is 237 g/mol. The molecule has 7 heteroatoms. The molecular formula is C8H3ClF3O3-. The highest BCUT2D eigenvalue weighted by Crippen LogP contribution is 2.26. The Bertz CT molecular complexity index is 395. The number of carboxylic acid groups (broad SMARTS) is 1. The van der Waals surface area contributed by atoms with Crippen LogP contribution in [-0.2, 0) is 4.79 Å². The first kappa shape index (κ1) is 11.6. The van der Waals surface area contributed by atoms with Gasteiger partial charge in [-0.05, 0) is 18.2 Å². The summed E-state index contributed by atoms with van der Waals surface area (Å²) in [6.45, 7) is 0. The first-order chi connectivity index (χ1) is 6.83. The van der Waals surface area contributed by atoms with Crippen LogP contribution in [0, 0.1) is 5.82 Å². The van der Waals surface area contributed by atoms with Crippen molar-refractivity contribution in [2.75, 3.05) is 0 Å². The minimum atomic E-state index is -4.59. The Kier molecular flexibility index (Phi) is 3.09. The van der Waals surface area contributed by atoms with Crippen LogP contribution in [0.2, 0.25) is 5.02 Å². The Morgan fingerprint density at radius 1 is 1.47 bits per heavy atom. The summed E-state index contributed by atoms with van der Waals surface area (Å²) >= 11 is 5.34. The molecule has 0 saturated carbocycles. The van der Waals surface area contributed by atoms with Crippen molar-refractivity contribution in [3.8, 4) is 5.75 Å². The summed E-state index contributed by atoms with van der Waals surface area (Å²) in [4.78, 5) is 9.87. The highest BCUT2D eigenvalue weighted by Gasteiger charge is 2.34. The minimum Gasteiger partial charge on any atom is -0.541 e. The van der Waals surface area contributed by atoms with Crippen LogP contribution in [0.15, 0.2) is 18.2 Å². The van der Waals surface area contributed by atoms with Crippen LogP contribution in [-0.4, -0.2) is 12.1 Å². The molecule has 0 bridgehead atoms. The van der Waals surface area contributed by atoms with Gasteiger partial charge in [-0.1, -0.05) is 11.6 Å². The van der Waals surface area contributed by atoms with E-state index in [4.69, 9.17) is 11.6 Å². The summed E-state index contributed by atoms with van der Waals surface area (Å²) in [5.41, 5.74) is 0.